The normalized spacial score (nSPS) is 10.3. The number of methoxy groups -OCH3 is 1. The number of rotatable bonds is 4. The van der Waals surface area contributed by atoms with E-state index in [0.29, 0.717) is 10.0 Å². The van der Waals surface area contributed by atoms with Crippen molar-refractivity contribution in [3.05, 3.63) is 28.2 Å². The summed E-state index contributed by atoms with van der Waals surface area (Å²) in [5.41, 5.74) is 0.349. The van der Waals surface area contributed by atoms with Crippen molar-refractivity contribution in [2.75, 3.05) is 7.11 Å². The smallest absolute Gasteiger partial charge is 0.387 e. The Morgan fingerprint density at radius 3 is 2.75 bits per heavy atom. The number of benzene rings is 1. The summed E-state index contributed by atoms with van der Waals surface area (Å²) in [4.78, 5) is 11.0. The number of hydrogen-bond donors (Lipinski definition) is 0. The molecular weight excluding hydrogens is 286 g/mol. The molecule has 6 heteroatoms. The molecular formula is C10H9BrF2O3. The predicted molar refractivity (Wildman–Crippen MR) is 56.5 cm³/mol. The second-order valence-electron chi connectivity index (χ2n) is 2.88. The topological polar surface area (TPSA) is 35.5 Å². The van der Waals surface area contributed by atoms with Crippen LogP contribution in [0.25, 0.3) is 0 Å². The van der Waals surface area contributed by atoms with Crippen LogP contribution in [0, 0.1) is 0 Å². The number of alkyl halides is 2. The van der Waals surface area contributed by atoms with Crippen molar-refractivity contribution >= 4 is 21.9 Å². The van der Waals surface area contributed by atoms with Crippen LogP contribution in [0.1, 0.15) is 5.56 Å². The molecule has 1 rings (SSSR count). The molecule has 0 N–H and O–H groups in total. The molecule has 0 saturated carbocycles. The van der Waals surface area contributed by atoms with Crippen molar-refractivity contribution in [2.45, 2.75) is 13.0 Å². The summed E-state index contributed by atoms with van der Waals surface area (Å²) in [5.74, 6) is -0.541. The van der Waals surface area contributed by atoms with E-state index in [9.17, 15) is 13.6 Å². The summed E-state index contributed by atoms with van der Waals surface area (Å²) in [7, 11) is 1.23. The first-order valence-electron chi connectivity index (χ1n) is 4.33. The Morgan fingerprint density at radius 1 is 1.50 bits per heavy atom. The Balaban J connectivity index is 2.93. The van der Waals surface area contributed by atoms with E-state index >= 15 is 0 Å². The Morgan fingerprint density at radius 2 is 2.19 bits per heavy atom. The number of carbonyl (C=O) groups excluding carboxylic acids is 1. The van der Waals surface area contributed by atoms with E-state index in [2.05, 4.69) is 25.4 Å². The molecule has 0 aliphatic heterocycles. The quantitative estimate of drug-likeness (QED) is 0.801. The Hall–Kier alpha value is -1.17. The van der Waals surface area contributed by atoms with E-state index in [-0.39, 0.29) is 12.2 Å². The lowest BCUT2D eigenvalue weighted by atomic mass is 10.1. The summed E-state index contributed by atoms with van der Waals surface area (Å²) >= 11 is 3.18. The highest BCUT2D eigenvalue weighted by molar-refractivity contribution is 9.10. The van der Waals surface area contributed by atoms with Gasteiger partial charge in [0.15, 0.2) is 0 Å². The molecule has 16 heavy (non-hydrogen) atoms. The van der Waals surface area contributed by atoms with Crippen LogP contribution in [0.2, 0.25) is 0 Å². The summed E-state index contributed by atoms with van der Waals surface area (Å²) in [6.45, 7) is -2.92. The maximum absolute atomic E-state index is 12.1. The van der Waals surface area contributed by atoms with Gasteiger partial charge in [0, 0.05) is 10.0 Å². The fourth-order valence-electron chi connectivity index (χ4n) is 1.12. The monoisotopic (exact) mass is 294 g/mol. The van der Waals surface area contributed by atoms with Gasteiger partial charge < -0.3 is 9.47 Å². The summed E-state index contributed by atoms with van der Waals surface area (Å²) < 4.78 is 33.6. The van der Waals surface area contributed by atoms with Gasteiger partial charge in [-0.2, -0.15) is 8.78 Å². The molecule has 0 atom stereocenters. The number of carbonyl (C=O) groups is 1. The largest absolute Gasteiger partial charge is 0.469 e. The maximum atomic E-state index is 12.1. The van der Waals surface area contributed by atoms with Crippen LogP contribution in [0.5, 0.6) is 5.75 Å². The van der Waals surface area contributed by atoms with E-state index in [1.165, 1.54) is 19.2 Å². The van der Waals surface area contributed by atoms with Crippen LogP contribution >= 0.6 is 15.9 Å². The Kier molecular flexibility index (Phi) is 4.67. The van der Waals surface area contributed by atoms with Crippen molar-refractivity contribution in [3.63, 3.8) is 0 Å². The van der Waals surface area contributed by atoms with Gasteiger partial charge in [-0.1, -0.05) is 15.9 Å². The van der Waals surface area contributed by atoms with E-state index in [1.807, 2.05) is 0 Å². The lowest BCUT2D eigenvalue weighted by Crippen LogP contribution is -2.09. The lowest BCUT2D eigenvalue weighted by molar-refractivity contribution is -0.139. The molecule has 0 amide bonds. The van der Waals surface area contributed by atoms with Crippen molar-refractivity contribution in [1.82, 2.24) is 0 Å². The third-order valence-electron chi connectivity index (χ3n) is 1.80. The van der Waals surface area contributed by atoms with Crippen molar-refractivity contribution < 1.29 is 23.0 Å². The zero-order chi connectivity index (χ0) is 12.1. The van der Waals surface area contributed by atoms with Gasteiger partial charge in [0.25, 0.3) is 0 Å². The Labute approximate surface area is 99.5 Å². The van der Waals surface area contributed by atoms with Crippen LogP contribution in [-0.4, -0.2) is 19.7 Å². The minimum atomic E-state index is -2.92. The minimum Gasteiger partial charge on any atom is -0.469 e. The van der Waals surface area contributed by atoms with Crippen molar-refractivity contribution in [2.24, 2.45) is 0 Å². The van der Waals surface area contributed by atoms with Gasteiger partial charge in [0.1, 0.15) is 5.75 Å². The van der Waals surface area contributed by atoms with Gasteiger partial charge in [0.2, 0.25) is 0 Å². The third kappa shape index (κ3) is 3.77. The van der Waals surface area contributed by atoms with Crippen LogP contribution in [0.4, 0.5) is 8.78 Å². The zero-order valence-corrected chi connectivity index (χ0v) is 9.96. The zero-order valence-electron chi connectivity index (χ0n) is 8.38. The standard InChI is InChI=1S/C10H9BrF2O3/c1-15-9(14)5-6-4-7(11)2-3-8(6)16-10(12)13/h2-4,10H,5H2,1H3. The van der Waals surface area contributed by atoms with Gasteiger partial charge in [-0.3, -0.25) is 4.79 Å². The number of halogens is 3. The number of esters is 1. The maximum Gasteiger partial charge on any atom is 0.387 e. The SMILES string of the molecule is COC(=O)Cc1cc(Br)ccc1OC(F)F. The summed E-state index contributed by atoms with van der Waals surface area (Å²) in [6, 6.07) is 4.46. The van der Waals surface area contributed by atoms with Crippen molar-refractivity contribution in [3.8, 4) is 5.75 Å². The van der Waals surface area contributed by atoms with Gasteiger partial charge >= 0.3 is 12.6 Å². The predicted octanol–water partition coefficient (Wildman–Crippen LogP) is 2.77. The van der Waals surface area contributed by atoms with Crippen LogP contribution in [0.3, 0.4) is 0 Å². The average Bonchev–Trinajstić information content (AvgIpc) is 2.21. The highest BCUT2D eigenvalue weighted by atomic mass is 79.9. The molecule has 0 aliphatic carbocycles. The molecule has 0 saturated heterocycles. The molecule has 1 aromatic carbocycles. The van der Waals surface area contributed by atoms with Gasteiger partial charge in [-0.05, 0) is 18.2 Å². The minimum absolute atomic E-state index is 0.0244. The van der Waals surface area contributed by atoms with E-state index < -0.39 is 12.6 Å². The average molecular weight is 295 g/mol. The molecule has 0 aromatic heterocycles. The first kappa shape index (κ1) is 12.9. The molecule has 0 fully saturated rings. The van der Waals surface area contributed by atoms with E-state index in [1.54, 1.807) is 6.07 Å². The van der Waals surface area contributed by atoms with Gasteiger partial charge in [-0.15, -0.1) is 0 Å². The molecule has 88 valence electrons. The molecule has 3 nitrogen and oxygen atoms in total. The lowest BCUT2D eigenvalue weighted by Gasteiger charge is -2.10. The molecule has 0 heterocycles. The first-order chi connectivity index (χ1) is 7.52. The fraction of sp³-hybridized carbons (Fsp3) is 0.300. The summed E-state index contributed by atoms with van der Waals surface area (Å²) in [6.07, 6.45) is -0.113. The first-order valence-corrected chi connectivity index (χ1v) is 5.12. The molecule has 0 aliphatic rings. The second kappa shape index (κ2) is 5.79. The van der Waals surface area contributed by atoms with Crippen LogP contribution in [0.15, 0.2) is 22.7 Å². The molecule has 1 aromatic rings. The third-order valence-corrected chi connectivity index (χ3v) is 2.29. The molecule has 0 unspecified atom stereocenters. The molecule has 0 spiro atoms. The highest BCUT2D eigenvalue weighted by Crippen LogP contribution is 2.25. The molecule has 0 bridgehead atoms. The highest BCUT2D eigenvalue weighted by Gasteiger charge is 2.13. The molecule has 0 radical (unpaired) electrons. The van der Waals surface area contributed by atoms with Crippen LogP contribution < -0.4 is 4.74 Å². The van der Waals surface area contributed by atoms with E-state index in [0.717, 1.165) is 0 Å². The van der Waals surface area contributed by atoms with E-state index in [4.69, 9.17) is 0 Å². The summed E-state index contributed by atoms with van der Waals surface area (Å²) in [5, 5.41) is 0. The number of ether oxygens (including phenoxy) is 2. The second-order valence-corrected chi connectivity index (χ2v) is 3.80. The Bertz CT molecular complexity index is 382. The van der Waals surface area contributed by atoms with Crippen LogP contribution in [-0.2, 0) is 16.0 Å². The fourth-order valence-corrected chi connectivity index (χ4v) is 1.53. The van der Waals surface area contributed by atoms with Gasteiger partial charge in [0.05, 0.1) is 13.5 Å². The number of hydrogen-bond acceptors (Lipinski definition) is 3. The van der Waals surface area contributed by atoms with Crippen molar-refractivity contribution in [1.29, 1.82) is 0 Å². The van der Waals surface area contributed by atoms with Gasteiger partial charge in [-0.25, -0.2) is 0 Å².